The van der Waals surface area contributed by atoms with Gasteiger partial charge in [0, 0.05) is 21.0 Å². The summed E-state index contributed by atoms with van der Waals surface area (Å²) in [4.78, 5) is 28.6. The minimum absolute atomic E-state index is 0.0915. The maximum atomic E-state index is 13.8. The Morgan fingerprint density at radius 1 is 0.902 bits per heavy atom. The number of nitrogens with one attached hydrogen (secondary N) is 2. The molecule has 41 heavy (non-hydrogen) atoms. The molecule has 0 saturated heterocycles. The van der Waals surface area contributed by atoms with E-state index in [9.17, 15) is 22.8 Å². The van der Waals surface area contributed by atoms with Crippen molar-refractivity contribution in [2.24, 2.45) is 5.10 Å². The summed E-state index contributed by atoms with van der Waals surface area (Å²) in [6.07, 6.45) is -3.36. The van der Waals surface area contributed by atoms with E-state index in [4.69, 9.17) is 4.74 Å². The first-order valence-electron chi connectivity index (χ1n) is 12.0. The van der Waals surface area contributed by atoms with E-state index in [1.165, 1.54) is 18.3 Å². The average molecular weight is 685 g/mol. The summed E-state index contributed by atoms with van der Waals surface area (Å²) in [5, 5.41) is 4.26. The van der Waals surface area contributed by atoms with Gasteiger partial charge in [0.2, 0.25) is 0 Å². The van der Waals surface area contributed by atoms with Gasteiger partial charge in [0.05, 0.1) is 27.3 Å². The molecule has 0 radical (unpaired) electrons. The first-order chi connectivity index (χ1) is 19.6. The molecule has 0 aliphatic heterocycles. The quantitative estimate of drug-likeness (QED) is 0.0816. The number of ether oxygens (including phenoxy) is 1. The van der Waals surface area contributed by atoms with E-state index >= 15 is 0 Å². The lowest BCUT2D eigenvalue weighted by Gasteiger charge is -2.10. The number of benzene rings is 4. The van der Waals surface area contributed by atoms with Crippen molar-refractivity contribution in [1.82, 2.24) is 10.4 Å². The van der Waals surface area contributed by atoms with Gasteiger partial charge in [-0.1, -0.05) is 76.6 Å². The van der Waals surface area contributed by atoms with Gasteiger partial charge in [-0.25, -0.2) is 10.2 Å². The smallest absolute Gasteiger partial charge is 0.418 e. The number of hydrazone groups is 1. The molecule has 0 unspecified atom stereocenters. The van der Waals surface area contributed by atoms with Crippen molar-refractivity contribution in [2.75, 3.05) is 0 Å². The fourth-order valence-electron chi connectivity index (χ4n) is 4.25. The van der Waals surface area contributed by atoms with Gasteiger partial charge in [0.15, 0.2) is 5.75 Å². The van der Waals surface area contributed by atoms with Crippen molar-refractivity contribution in [2.45, 2.75) is 6.18 Å². The monoisotopic (exact) mass is 683 g/mol. The molecule has 0 fully saturated rings. The molecule has 0 saturated carbocycles. The Labute approximate surface area is 248 Å². The van der Waals surface area contributed by atoms with Crippen molar-refractivity contribution in [3.8, 4) is 16.9 Å². The zero-order valence-corrected chi connectivity index (χ0v) is 24.0. The van der Waals surface area contributed by atoms with E-state index in [-0.39, 0.29) is 22.3 Å². The molecular formula is C30H18Br2F3N3O3. The number of fused-ring (bicyclic) bond motifs is 1. The zero-order chi connectivity index (χ0) is 29.1. The number of aromatic nitrogens is 1. The molecule has 11 heteroatoms. The van der Waals surface area contributed by atoms with E-state index in [0.29, 0.717) is 31.2 Å². The molecule has 6 nitrogen and oxygen atoms in total. The van der Waals surface area contributed by atoms with E-state index in [1.807, 2.05) is 0 Å². The number of H-pyrrole nitrogens is 1. The standard InChI is InChI=1S/C30H18Br2F3N3O3/c31-20-14-19(27(23(32)15-20)41-29(40)18-10-5-2-6-11-18)16-36-38-28(39)26-24(17-8-3-1-4-9-17)21-12-7-13-22(25(21)37-26)30(33,34)35/h1-16,37H,(H,38,39). The highest BCUT2D eigenvalue weighted by molar-refractivity contribution is 9.11. The molecule has 5 aromatic rings. The SMILES string of the molecule is O=C(Oc1c(Br)cc(Br)cc1C=NNC(=O)c1[nH]c2c(C(F)(F)F)cccc2c1-c1ccccc1)c1ccccc1. The molecular weight excluding hydrogens is 667 g/mol. The minimum atomic E-state index is -4.63. The first kappa shape index (κ1) is 28.3. The average Bonchev–Trinajstić information content (AvgIpc) is 3.35. The highest BCUT2D eigenvalue weighted by atomic mass is 79.9. The topological polar surface area (TPSA) is 83.5 Å². The molecule has 0 aliphatic rings. The van der Waals surface area contributed by atoms with Gasteiger partial charge >= 0.3 is 12.1 Å². The largest absolute Gasteiger partial charge is 0.421 e. The van der Waals surface area contributed by atoms with Gasteiger partial charge < -0.3 is 9.72 Å². The normalized spacial score (nSPS) is 11.6. The van der Waals surface area contributed by atoms with E-state index < -0.39 is 23.6 Å². The Morgan fingerprint density at radius 3 is 2.27 bits per heavy atom. The molecule has 206 valence electrons. The summed E-state index contributed by atoms with van der Waals surface area (Å²) in [7, 11) is 0. The van der Waals surface area contributed by atoms with E-state index in [0.717, 1.165) is 6.07 Å². The number of hydrogen-bond donors (Lipinski definition) is 2. The Kier molecular flexibility index (Phi) is 8.09. The molecule has 0 atom stereocenters. The third-order valence-corrected chi connectivity index (χ3v) is 7.09. The van der Waals surface area contributed by atoms with Crippen LogP contribution in [0.5, 0.6) is 5.75 Å². The maximum absolute atomic E-state index is 13.8. The second-order valence-corrected chi connectivity index (χ2v) is 10.5. The summed E-state index contributed by atoms with van der Waals surface area (Å²) >= 11 is 6.76. The third-order valence-electron chi connectivity index (χ3n) is 6.04. The molecule has 0 spiro atoms. The van der Waals surface area contributed by atoms with Crippen LogP contribution in [-0.2, 0) is 6.18 Å². The number of nitrogens with zero attached hydrogens (tertiary/aromatic N) is 1. The number of alkyl halides is 3. The van der Waals surface area contributed by atoms with Crippen LogP contribution >= 0.6 is 31.9 Å². The van der Waals surface area contributed by atoms with Crippen molar-refractivity contribution >= 4 is 60.9 Å². The molecule has 0 bridgehead atoms. The van der Waals surface area contributed by atoms with Crippen LogP contribution in [0.4, 0.5) is 13.2 Å². The second-order valence-electron chi connectivity index (χ2n) is 8.73. The molecule has 1 aromatic heterocycles. The number of carbonyl (C=O) groups is 2. The molecule has 0 aliphatic carbocycles. The molecule has 5 rings (SSSR count). The number of para-hydroxylation sites is 1. The lowest BCUT2D eigenvalue weighted by atomic mass is 10.0. The number of amides is 1. The summed E-state index contributed by atoms with van der Waals surface area (Å²) in [6.45, 7) is 0. The molecule has 2 N–H and O–H groups in total. The van der Waals surface area contributed by atoms with Crippen LogP contribution < -0.4 is 10.2 Å². The lowest BCUT2D eigenvalue weighted by Crippen LogP contribution is -2.19. The van der Waals surface area contributed by atoms with Crippen molar-refractivity contribution in [3.63, 3.8) is 0 Å². The predicted molar refractivity (Wildman–Crippen MR) is 157 cm³/mol. The number of halogens is 5. The second kappa shape index (κ2) is 11.7. The third kappa shape index (κ3) is 6.10. The molecule has 1 heterocycles. The summed E-state index contributed by atoms with van der Waals surface area (Å²) < 4.78 is 48.0. The van der Waals surface area contributed by atoms with Crippen LogP contribution in [0.1, 0.15) is 32.0 Å². The van der Waals surface area contributed by atoms with Gasteiger partial charge in [0.25, 0.3) is 5.91 Å². The maximum Gasteiger partial charge on any atom is 0.418 e. The Balaban J connectivity index is 1.49. The zero-order valence-electron chi connectivity index (χ0n) is 20.8. The number of aromatic amines is 1. The van der Waals surface area contributed by atoms with Gasteiger partial charge in [0.1, 0.15) is 5.69 Å². The van der Waals surface area contributed by atoms with Crippen LogP contribution in [0.2, 0.25) is 0 Å². The summed E-state index contributed by atoms with van der Waals surface area (Å²) in [5.41, 5.74) is 2.73. The predicted octanol–water partition coefficient (Wildman–Crippen LogP) is 8.36. The fourth-order valence-corrected chi connectivity index (χ4v) is 5.59. The Bertz CT molecular complexity index is 1790. The minimum Gasteiger partial charge on any atom is -0.421 e. The van der Waals surface area contributed by atoms with Crippen LogP contribution in [-0.4, -0.2) is 23.1 Å². The van der Waals surface area contributed by atoms with Gasteiger partial charge in [-0.2, -0.15) is 18.3 Å². The van der Waals surface area contributed by atoms with Crippen LogP contribution in [0.25, 0.3) is 22.0 Å². The van der Waals surface area contributed by atoms with Gasteiger partial charge in [-0.3, -0.25) is 4.79 Å². The van der Waals surface area contributed by atoms with E-state index in [2.05, 4.69) is 47.4 Å². The van der Waals surface area contributed by atoms with Crippen molar-refractivity contribution in [1.29, 1.82) is 0 Å². The van der Waals surface area contributed by atoms with Gasteiger partial charge in [-0.05, 0) is 51.8 Å². The molecule has 4 aromatic carbocycles. The lowest BCUT2D eigenvalue weighted by molar-refractivity contribution is -0.136. The van der Waals surface area contributed by atoms with Gasteiger partial charge in [-0.15, -0.1) is 0 Å². The van der Waals surface area contributed by atoms with Crippen LogP contribution in [0.15, 0.2) is 105 Å². The number of esters is 1. The van der Waals surface area contributed by atoms with Crippen molar-refractivity contribution < 1.29 is 27.5 Å². The summed E-state index contributed by atoms with van der Waals surface area (Å²) in [6, 6.07) is 24.1. The number of hydrogen-bond acceptors (Lipinski definition) is 4. The number of rotatable bonds is 6. The summed E-state index contributed by atoms with van der Waals surface area (Å²) in [5.74, 6) is -1.20. The van der Waals surface area contributed by atoms with Crippen LogP contribution in [0.3, 0.4) is 0 Å². The fraction of sp³-hybridized carbons (Fsp3) is 0.0333. The van der Waals surface area contributed by atoms with Crippen molar-refractivity contribution in [3.05, 3.63) is 122 Å². The Hall–Kier alpha value is -4.22. The molecule has 1 amide bonds. The van der Waals surface area contributed by atoms with E-state index in [1.54, 1.807) is 72.8 Å². The highest BCUT2D eigenvalue weighted by Gasteiger charge is 2.34. The van der Waals surface area contributed by atoms with Crippen LogP contribution in [0, 0.1) is 0 Å². The number of carbonyl (C=O) groups excluding carboxylic acids is 2. The highest BCUT2D eigenvalue weighted by Crippen LogP contribution is 2.40. The first-order valence-corrected chi connectivity index (χ1v) is 13.6. The Morgan fingerprint density at radius 2 is 1.59 bits per heavy atom.